The fraction of sp³-hybridized carbons (Fsp3) is 0.125. The van der Waals surface area contributed by atoms with Crippen molar-refractivity contribution in [3.8, 4) is 0 Å². The molecule has 120 valence electrons. The Morgan fingerprint density at radius 2 is 1.96 bits per heavy atom. The fourth-order valence-corrected chi connectivity index (χ4v) is 2.84. The van der Waals surface area contributed by atoms with Gasteiger partial charge >= 0.3 is 0 Å². The minimum atomic E-state index is -0.492. The first-order valence-corrected chi connectivity index (χ1v) is 8.44. The number of nitrogens with zero attached hydrogens (tertiary/aromatic N) is 1. The number of halogens is 3. The number of thioether (sulfide) groups is 1. The molecule has 0 atom stereocenters. The normalized spacial score (nSPS) is 10.9. The van der Waals surface area contributed by atoms with E-state index in [0.717, 1.165) is 4.90 Å². The molecule has 0 fully saturated rings. The van der Waals surface area contributed by atoms with Crippen molar-refractivity contribution in [3.63, 3.8) is 0 Å². The van der Waals surface area contributed by atoms with Crippen LogP contribution in [0.2, 0.25) is 10.0 Å². The van der Waals surface area contributed by atoms with E-state index in [2.05, 4.69) is 10.5 Å². The molecule has 0 radical (unpaired) electrons. The monoisotopic (exact) mass is 370 g/mol. The summed E-state index contributed by atoms with van der Waals surface area (Å²) in [4.78, 5) is 12.7. The smallest absolute Gasteiger partial charge is 0.240 e. The Labute approximate surface area is 147 Å². The van der Waals surface area contributed by atoms with Gasteiger partial charge in [-0.25, -0.2) is 9.82 Å². The number of amides is 1. The third kappa shape index (κ3) is 5.86. The summed E-state index contributed by atoms with van der Waals surface area (Å²) in [5.41, 5.74) is 2.50. The van der Waals surface area contributed by atoms with Gasteiger partial charge in [0.2, 0.25) is 5.91 Å². The molecule has 0 aromatic heterocycles. The van der Waals surface area contributed by atoms with Gasteiger partial charge in [-0.1, -0.05) is 29.3 Å². The molecule has 2 aromatic carbocycles. The van der Waals surface area contributed by atoms with Crippen LogP contribution in [0, 0.1) is 5.82 Å². The molecule has 0 saturated carbocycles. The van der Waals surface area contributed by atoms with Crippen LogP contribution in [0.1, 0.15) is 12.0 Å². The molecule has 1 amide bonds. The zero-order chi connectivity index (χ0) is 16.7. The highest BCUT2D eigenvalue weighted by atomic mass is 35.5. The zero-order valence-corrected chi connectivity index (χ0v) is 14.3. The lowest BCUT2D eigenvalue weighted by Crippen LogP contribution is -2.18. The SMILES string of the molecule is O=C(CCSc1ccc(Cl)cc1)N/N=C\c1c(F)cccc1Cl. The zero-order valence-electron chi connectivity index (χ0n) is 11.9. The Kier molecular flexibility index (Phi) is 6.89. The molecule has 0 bridgehead atoms. The summed E-state index contributed by atoms with van der Waals surface area (Å²) in [6.45, 7) is 0. The average molecular weight is 371 g/mol. The first-order chi connectivity index (χ1) is 11.1. The molecular formula is C16H13Cl2FN2OS. The molecule has 0 unspecified atom stereocenters. The van der Waals surface area contributed by atoms with Crippen LogP contribution in [-0.4, -0.2) is 17.9 Å². The summed E-state index contributed by atoms with van der Waals surface area (Å²) in [6, 6.07) is 11.7. The maximum Gasteiger partial charge on any atom is 0.240 e. The molecule has 2 rings (SSSR count). The van der Waals surface area contributed by atoms with Gasteiger partial charge in [0.05, 0.1) is 11.2 Å². The van der Waals surface area contributed by atoms with Crippen LogP contribution in [0.15, 0.2) is 52.5 Å². The van der Waals surface area contributed by atoms with Gasteiger partial charge in [0.15, 0.2) is 0 Å². The standard InChI is InChI=1S/C16H13Cl2FN2OS/c17-11-4-6-12(7-5-11)23-9-8-16(22)21-20-10-13-14(18)2-1-3-15(13)19/h1-7,10H,8-9H2,(H,21,22)/b20-10-. The van der Waals surface area contributed by atoms with Crippen LogP contribution in [0.4, 0.5) is 4.39 Å². The van der Waals surface area contributed by atoms with Crippen LogP contribution < -0.4 is 5.43 Å². The van der Waals surface area contributed by atoms with E-state index in [0.29, 0.717) is 10.8 Å². The predicted octanol–water partition coefficient (Wildman–Crippen LogP) is 4.77. The van der Waals surface area contributed by atoms with E-state index in [1.807, 2.05) is 12.1 Å². The van der Waals surface area contributed by atoms with Crippen LogP contribution in [0.5, 0.6) is 0 Å². The highest BCUT2D eigenvalue weighted by Gasteiger charge is 2.04. The van der Waals surface area contributed by atoms with E-state index in [-0.39, 0.29) is 22.9 Å². The van der Waals surface area contributed by atoms with E-state index in [1.165, 1.54) is 30.1 Å². The Hall–Kier alpha value is -1.56. The van der Waals surface area contributed by atoms with Crippen molar-refractivity contribution in [2.45, 2.75) is 11.3 Å². The van der Waals surface area contributed by atoms with E-state index in [1.54, 1.807) is 18.2 Å². The molecule has 3 nitrogen and oxygen atoms in total. The van der Waals surface area contributed by atoms with Crippen molar-refractivity contribution in [1.29, 1.82) is 0 Å². The number of carbonyl (C=O) groups excluding carboxylic acids is 1. The van der Waals surface area contributed by atoms with Gasteiger partial charge in [-0.3, -0.25) is 4.79 Å². The summed E-state index contributed by atoms with van der Waals surface area (Å²) in [7, 11) is 0. The van der Waals surface area contributed by atoms with Crippen molar-refractivity contribution >= 4 is 47.1 Å². The molecule has 0 aliphatic rings. The lowest BCUT2D eigenvalue weighted by molar-refractivity contribution is -0.120. The molecule has 1 N–H and O–H groups in total. The van der Waals surface area contributed by atoms with E-state index in [9.17, 15) is 9.18 Å². The number of benzene rings is 2. The van der Waals surface area contributed by atoms with Gasteiger partial charge in [0, 0.05) is 27.7 Å². The third-order valence-electron chi connectivity index (χ3n) is 2.79. The number of hydrogen-bond donors (Lipinski definition) is 1. The molecule has 0 aliphatic heterocycles. The van der Waals surface area contributed by atoms with Gasteiger partial charge in [-0.05, 0) is 36.4 Å². The van der Waals surface area contributed by atoms with Crippen molar-refractivity contribution < 1.29 is 9.18 Å². The van der Waals surface area contributed by atoms with Crippen LogP contribution >= 0.6 is 35.0 Å². The Morgan fingerprint density at radius 3 is 2.65 bits per heavy atom. The van der Waals surface area contributed by atoms with Crippen molar-refractivity contribution in [2.24, 2.45) is 5.10 Å². The Bertz CT molecular complexity index is 687. The number of carbonyl (C=O) groups is 1. The molecule has 0 spiro atoms. The number of nitrogens with one attached hydrogen (secondary N) is 1. The Balaban J connectivity index is 1.77. The summed E-state index contributed by atoms with van der Waals surface area (Å²) in [6.07, 6.45) is 1.48. The number of hydrogen-bond acceptors (Lipinski definition) is 3. The second-order valence-corrected chi connectivity index (χ2v) is 6.49. The minimum absolute atomic E-state index is 0.144. The molecule has 0 saturated heterocycles. The van der Waals surface area contributed by atoms with Gasteiger partial charge in [-0.15, -0.1) is 11.8 Å². The quantitative estimate of drug-likeness (QED) is 0.452. The molecule has 0 heterocycles. The van der Waals surface area contributed by atoms with Crippen molar-refractivity contribution in [2.75, 3.05) is 5.75 Å². The van der Waals surface area contributed by atoms with Gasteiger partial charge in [0.25, 0.3) is 0 Å². The van der Waals surface area contributed by atoms with Gasteiger partial charge in [0.1, 0.15) is 5.82 Å². The maximum absolute atomic E-state index is 13.5. The topological polar surface area (TPSA) is 41.5 Å². The van der Waals surface area contributed by atoms with Gasteiger partial charge in [-0.2, -0.15) is 5.10 Å². The second-order valence-electron chi connectivity index (χ2n) is 4.48. The van der Waals surface area contributed by atoms with Crippen LogP contribution in [-0.2, 0) is 4.79 Å². The summed E-state index contributed by atoms with van der Waals surface area (Å²) in [5, 5.41) is 4.64. The summed E-state index contributed by atoms with van der Waals surface area (Å²) < 4.78 is 13.5. The molecule has 0 aliphatic carbocycles. The molecule has 2 aromatic rings. The Morgan fingerprint density at radius 1 is 1.22 bits per heavy atom. The van der Waals surface area contributed by atoms with Crippen LogP contribution in [0.25, 0.3) is 0 Å². The number of rotatable bonds is 6. The van der Waals surface area contributed by atoms with Crippen molar-refractivity contribution in [1.82, 2.24) is 5.43 Å². The first-order valence-electron chi connectivity index (χ1n) is 6.70. The lowest BCUT2D eigenvalue weighted by atomic mass is 10.2. The fourth-order valence-electron chi connectivity index (χ4n) is 1.65. The lowest BCUT2D eigenvalue weighted by Gasteiger charge is -2.02. The van der Waals surface area contributed by atoms with E-state index < -0.39 is 5.82 Å². The first kappa shape index (κ1) is 17.8. The second kappa shape index (κ2) is 8.91. The van der Waals surface area contributed by atoms with Crippen LogP contribution in [0.3, 0.4) is 0 Å². The predicted molar refractivity (Wildman–Crippen MR) is 93.9 cm³/mol. The maximum atomic E-state index is 13.5. The average Bonchev–Trinajstić information content (AvgIpc) is 2.52. The summed E-state index contributed by atoms with van der Waals surface area (Å²) >= 11 is 13.2. The molecular weight excluding hydrogens is 358 g/mol. The number of hydrazone groups is 1. The minimum Gasteiger partial charge on any atom is -0.273 e. The van der Waals surface area contributed by atoms with E-state index >= 15 is 0 Å². The highest BCUT2D eigenvalue weighted by Crippen LogP contribution is 2.21. The van der Waals surface area contributed by atoms with Gasteiger partial charge < -0.3 is 0 Å². The van der Waals surface area contributed by atoms with E-state index in [4.69, 9.17) is 23.2 Å². The third-order valence-corrected chi connectivity index (χ3v) is 4.39. The summed E-state index contributed by atoms with van der Waals surface area (Å²) in [5.74, 6) is -0.146. The largest absolute Gasteiger partial charge is 0.273 e. The molecule has 7 heteroatoms. The van der Waals surface area contributed by atoms with Crippen molar-refractivity contribution in [3.05, 3.63) is 63.9 Å². The molecule has 23 heavy (non-hydrogen) atoms. The highest BCUT2D eigenvalue weighted by molar-refractivity contribution is 7.99.